The summed E-state index contributed by atoms with van der Waals surface area (Å²) in [6.45, 7) is 0. The molecule has 0 aliphatic rings. The van der Waals surface area contributed by atoms with Crippen LogP contribution in [-0.2, 0) is 0 Å². The van der Waals surface area contributed by atoms with Crippen molar-refractivity contribution >= 4 is 91.1 Å². The van der Waals surface area contributed by atoms with Crippen molar-refractivity contribution in [3.05, 3.63) is 40.9 Å². The number of halogens is 1. The number of hydrogen-bond acceptors (Lipinski definition) is 2. The smallest absolute Gasteiger partial charge is 0.136 e. The molecule has 7 heteroatoms. The summed E-state index contributed by atoms with van der Waals surface area (Å²) in [6.07, 6.45) is 0. The molecule has 25 heavy (non-hydrogen) atoms. The average Bonchev–Trinajstić information content (AvgIpc) is 2.97. The lowest BCUT2D eigenvalue weighted by atomic mass is 9.64. The van der Waals surface area contributed by atoms with Crippen LogP contribution in [0.1, 0.15) is 0 Å². The molecule has 0 atom stereocenters. The van der Waals surface area contributed by atoms with E-state index in [0.29, 0.717) is 16.7 Å². The quantitative estimate of drug-likeness (QED) is 0.500. The van der Waals surface area contributed by atoms with Gasteiger partial charge in [0.05, 0.1) is 0 Å². The van der Waals surface area contributed by atoms with Crippen LogP contribution < -0.4 is 21.9 Å². The summed E-state index contributed by atoms with van der Waals surface area (Å²) in [4.78, 5) is 0. The Hall–Kier alpha value is -2.00. The van der Waals surface area contributed by atoms with Crippen LogP contribution in [0.15, 0.2) is 45.3 Å². The Morgan fingerprint density at radius 3 is 2.32 bits per heavy atom. The van der Waals surface area contributed by atoms with Crippen molar-refractivity contribution in [3.8, 4) is 16.9 Å². The van der Waals surface area contributed by atoms with Crippen molar-refractivity contribution in [2.75, 3.05) is 0 Å². The summed E-state index contributed by atoms with van der Waals surface area (Å²) < 4.78 is 6.81. The maximum atomic E-state index is 10.6. The van der Waals surface area contributed by atoms with Crippen molar-refractivity contribution < 1.29 is 9.52 Å². The topological polar surface area (TPSA) is 33.4 Å². The minimum absolute atomic E-state index is 0.00711. The highest BCUT2D eigenvalue weighted by Crippen LogP contribution is 2.38. The van der Waals surface area contributed by atoms with Gasteiger partial charge >= 0.3 is 0 Å². The highest BCUT2D eigenvalue weighted by Gasteiger charge is 2.19. The Morgan fingerprint density at radius 1 is 0.840 bits per heavy atom. The van der Waals surface area contributed by atoms with Gasteiger partial charge in [0.1, 0.15) is 48.3 Å². The van der Waals surface area contributed by atoms with Gasteiger partial charge in [-0.1, -0.05) is 39.0 Å². The molecule has 2 nitrogen and oxygen atoms in total. The maximum Gasteiger partial charge on any atom is 0.136 e. The molecule has 0 saturated carbocycles. The molecule has 0 fully saturated rings. The SMILES string of the molecule is [B]c1c([B])c([B])c(-c2cccc3oc4ccc(Br)cc4c23)c(O)c1[B]. The summed E-state index contributed by atoms with van der Waals surface area (Å²) in [7, 11) is 23.9. The van der Waals surface area contributed by atoms with Crippen LogP contribution in [0, 0.1) is 0 Å². The monoisotopic (exact) mass is 378 g/mol. The molecule has 3 aromatic carbocycles. The van der Waals surface area contributed by atoms with Crippen LogP contribution in [0.2, 0.25) is 0 Å². The number of phenolic OH excluding ortho intramolecular Hbond substituents is 1. The van der Waals surface area contributed by atoms with Crippen LogP contribution in [0.25, 0.3) is 33.1 Å². The number of fused-ring (bicyclic) bond motifs is 3. The third-order valence-electron chi connectivity index (χ3n) is 4.36. The molecule has 4 aromatic rings. The van der Waals surface area contributed by atoms with Gasteiger partial charge in [0.15, 0.2) is 0 Å². The molecule has 1 aromatic heterocycles. The van der Waals surface area contributed by atoms with E-state index < -0.39 is 0 Å². The van der Waals surface area contributed by atoms with Gasteiger partial charge in [-0.3, -0.25) is 0 Å². The van der Waals surface area contributed by atoms with Gasteiger partial charge in [-0.2, -0.15) is 0 Å². The molecule has 4 rings (SSSR count). The van der Waals surface area contributed by atoms with E-state index >= 15 is 0 Å². The second-order valence-corrected chi connectivity index (χ2v) is 6.72. The predicted molar refractivity (Wildman–Crippen MR) is 110 cm³/mol. The van der Waals surface area contributed by atoms with E-state index in [1.807, 2.05) is 36.4 Å². The Bertz CT molecular complexity index is 1140. The van der Waals surface area contributed by atoms with E-state index in [0.717, 1.165) is 20.8 Å². The van der Waals surface area contributed by atoms with Gasteiger partial charge in [-0.15, -0.1) is 10.9 Å². The minimum atomic E-state index is -0.193. The highest BCUT2D eigenvalue weighted by molar-refractivity contribution is 9.10. The van der Waals surface area contributed by atoms with E-state index in [1.165, 1.54) is 0 Å². The molecular weight excluding hydrogens is 371 g/mol. The number of benzene rings is 3. The first-order valence-corrected chi connectivity index (χ1v) is 8.25. The first kappa shape index (κ1) is 16.5. The molecule has 0 saturated heterocycles. The fraction of sp³-hybridized carbons (Fsp3) is 0. The predicted octanol–water partition coefficient (Wildman–Crippen LogP) is 0.896. The summed E-state index contributed by atoms with van der Waals surface area (Å²) >= 11 is 3.47. The molecule has 1 N–H and O–H groups in total. The molecule has 0 bridgehead atoms. The zero-order chi connectivity index (χ0) is 17.9. The zero-order valence-electron chi connectivity index (χ0n) is 13.0. The molecule has 0 amide bonds. The van der Waals surface area contributed by atoms with Crippen LogP contribution in [0.3, 0.4) is 0 Å². The minimum Gasteiger partial charge on any atom is -0.508 e. The summed E-state index contributed by atoms with van der Waals surface area (Å²) in [5, 5.41) is 12.3. The van der Waals surface area contributed by atoms with Crippen LogP contribution in [-0.4, -0.2) is 36.5 Å². The number of aromatic hydroxyl groups is 1. The van der Waals surface area contributed by atoms with Crippen molar-refractivity contribution in [2.45, 2.75) is 0 Å². The number of rotatable bonds is 1. The van der Waals surface area contributed by atoms with Gasteiger partial charge in [-0.05, 0) is 29.8 Å². The molecule has 0 aliphatic heterocycles. The van der Waals surface area contributed by atoms with Crippen LogP contribution in [0.5, 0.6) is 5.75 Å². The average molecular weight is 378 g/mol. The Balaban J connectivity index is 2.20. The lowest BCUT2D eigenvalue weighted by Crippen LogP contribution is -2.48. The van der Waals surface area contributed by atoms with Gasteiger partial charge in [0.2, 0.25) is 0 Å². The second kappa shape index (κ2) is 5.77. The maximum absolute atomic E-state index is 10.6. The fourth-order valence-electron chi connectivity index (χ4n) is 3.09. The molecular formula is C18H7B4BrO2. The summed E-state index contributed by atoms with van der Waals surface area (Å²) in [5.41, 5.74) is 2.81. The Morgan fingerprint density at radius 2 is 1.56 bits per heavy atom. The number of phenols is 1. The largest absolute Gasteiger partial charge is 0.508 e. The Labute approximate surface area is 158 Å². The summed E-state index contributed by atoms with van der Waals surface area (Å²) in [6, 6.07) is 11.2. The van der Waals surface area contributed by atoms with Gasteiger partial charge in [0.25, 0.3) is 0 Å². The number of furan rings is 1. The second-order valence-electron chi connectivity index (χ2n) is 5.80. The van der Waals surface area contributed by atoms with E-state index in [2.05, 4.69) is 15.9 Å². The lowest BCUT2D eigenvalue weighted by molar-refractivity contribution is 0.482. The Kier molecular flexibility index (Phi) is 3.80. The molecule has 0 unspecified atom stereocenters. The van der Waals surface area contributed by atoms with Crippen molar-refractivity contribution in [3.63, 3.8) is 0 Å². The third-order valence-corrected chi connectivity index (χ3v) is 4.85. The standard InChI is InChI=1S/C18H7B4BrO2/c19-14-13(18(24)17(22)16(21)15(14)20)8-2-1-3-11-12(8)9-6-7(23)4-5-10(9)25-11/h1-6,24H. The van der Waals surface area contributed by atoms with Crippen LogP contribution in [0.4, 0.5) is 0 Å². The van der Waals surface area contributed by atoms with Crippen molar-refractivity contribution in [2.24, 2.45) is 0 Å². The highest BCUT2D eigenvalue weighted by atomic mass is 79.9. The summed E-state index contributed by atoms with van der Waals surface area (Å²) in [5.74, 6) is -0.193. The first-order chi connectivity index (χ1) is 11.9. The zero-order valence-corrected chi connectivity index (χ0v) is 14.6. The molecule has 8 radical (unpaired) electrons. The van der Waals surface area contributed by atoms with E-state index in [1.54, 1.807) is 0 Å². The van der Waals surface area contributed by atoms with Crippen molar-refractivity contribution in [1.82, 2.24) is 0 Å². The molecule has 110 valence electrons. The van der Waals surface area contributed by atoms with Crippen LogP contribution >= 0.6 is 15.9 Å². The number of hydrogen-bond donors (Lipinski definition) is 1. The molecule has 0 aliphatic carbocycles. The van der Waals surface area contributed by atoms with E-state index in [-0.39, 0.29) is 27.6 Å². The molecule has 0 spiro atoms. The normalized spacial score (nSPS) is 11.4. The van der Waals surface area contributed by atoms with Gasteiger partial charge < -0.3 is 9.52 Å². The van der Waals surface area contributed by atoms with Gasteiger partial charge in [-0.25, -0.2) is 0 Å². The molecule has 1 heterocycles. The van der Waals surface area contributed by atoms with E-state index in [9.17, 15) is 5.11 Å². The fourth-order valence-corrected chi connectivity index (χ4v) is 3.46. The third kappa shape index (κ3) is 2.36. The van der Waals surface area contributed by atoms with Gasteiger partial charge in [0, 0.05) is 20.8 Å². The van der Waals surface area contributed by atoms with Crippen molar-refractivity contribution in [1.29, 1.82) is 0 Å². The first-order valence-electron chi connectivity index (χ1n) is 7.46. The lowest BCUT2D eigenvalue weighted by Gasteiger charge is -2.19. The van der Waals surface area contributed by atoms with E-state index in [4.69, 9.17) is 35.8 Å².